The average molecular weight is 315 g/mol. The maximum absolute atomic E-state index is 12.0. The molecule has 1 heterocycles. The van der Waals surface area contributed by atoms with Gasteiger partial charge in [0.2, 0.25) is 0 Å². The zero-order chi connectivity index (χ0) is 14.8. The van der Waals surface area contributed by atoms with Gasteiger partial charge in [-0.2, -0.15) is 0 Å². The van der Waals surface area contributed by atoms with Crippen LogP contribution in [-0.4, -0.2) is 18.9 Å². The summed E-state index contributed by atoms with van der Waals surface area (Å²) < 4.78 is 15.4. The number of esters is 1. The van der Waals surface area contributed by atoms with Crippen molar-refractivity contribution in [1.29, 1.82) is 0 Å². The lowest BCUT2D eigenvalue weighted by molar-refractivity contribution is -0.146. The van der Waals surface area contributed by atoms with Crippen LogP contribution < -0.4 is 0 Å². The van der Waals surface area contributed by atoms with Crippen molar-refractivity contribution in [2.45, 2.75) is 12.7 Å². The Labute approximate surface area is 126 Å². The summed E-state index contributed by atoms with van der Waals surface area (Å²) in [6.45, 7) is 1.61. The molecule has 0 atom stereocenters. The molecule has 0 bridgehead atoms. The van der Waals surface area contributed by atoms with Gasteiger partial charge in [-0.1, -0.05) is 35.3 Å². The lowest BCUT2D eigenvalue weighted by Gasteiger charge is -2.24. The van der Waals surface area contributed by atoms with E-state index in [0.29, 0.717) is 15.6 Å². The molecule has 20 heavy (non-hydrogen) atoms. The number of carbonyl (C=O) groups is 1. The molecule has 0 saturated heterocycles. The molecule has 0 N–H and O–H groups in total. The standard InChI is InChI=1S/C14H12Cl2O4/c1-14(19-6-7-20-14)10(13(17)18-2)8-9-4-3-5-11(15)12(9)16/h3-8H,1-2H3/b10-8+. The second-order valence-electron chi connectivity index (χ2n) is 4.15. The van der Waals surface area contributed by atoms with Gasteiger partial charge in [-0.3, -0.25) is 0 Å². The number of benzene rings is 1. The number of halogens is 2. The topological polar surface area (TPSA) is 44.8 Å². The third-order valence-corrected chi connectivity index (χ3v) is 3.65. The molecule has 4 nitrogen and oxygen atoms in total. The van der Waals surface area contributed by atoms with Crippen LogP contribution in [0.2, 0.25) is 10.0 Å². The van der Waals surface area contributed by atoms with Crippen molar-refractivity contribution in [3.8, 4) is 0 Å². The van der Waals surface area contributed by atoms with Crippen LogP contribution in [0.15, 0.2) is 36.3 Å². The molecule has 106 valence electrons. The van der Waals surface area contributed by atoms with Crippen LogP contribution in [0.4, 0.5) is 0 Å². The molecule has 1 aliphatic heterocycles. The minimum absolute atomic E-state index is 0.175. The van der Waals surface area contributed by atoms with Crippen molar-refractivity contribution in [2.75, 3.05) is 7.11 Å². The van der Waals surface area contributed by atoms with Crippen LogP contribution >= 0.6 is 23.2 Å². The number of hydrogen-bond acceptors (Lipinski definition) is 4. The SMILES string of the molecule is COC(=O)/C(=C\c1cccc(Cl)c1Cl)C1(C)OC=CO1. The summed E-state index contributed by atoms with van der Waals surface area (Å²) in [5.41, 5.74) is 0.744. The van der Waals surface area contributed by atoms with Gasteiger partial charge in [-0.25, -0.2) is 4.79 Å². The number of hydrogen-bond donors (Lipinski definition) is 0. The van der Waals surface area contributed by atoms with Crippen molar-refractivity contribution in [2.24, 2.45) is 0 Å². The van der Waals surface area contributed by atoms with Crippen LogP contribution in [0.5, 0.6) is 0 Å². The highest BCUT2D eigenvalue weighted by Crippen LogP contribution is 2.33. The quantitative estimate of drug-likeness (QED) is 0.629. The van der Waals surface area contributed by atoms with Crippen LogP contribution in [0, 0.1) is 0 Å². The normalized spacial score (nSPS) is 16.5. The Morgan fingerprint density at radius 3 is 2.55 bits per heavy atom. The van der Waals surface area contributed by atoms with Gasteiger partial charge in [-0.15, -0.1) is 0 Å². The third kappa shape index (κ3) is 2.76. The van der Waals surface area contributed by atoms with E-state index in [1.54, 1.807) is 25.1 Å². The van der Waals surface area contributed by atoms with E-state index < -0.39 is 11.8 Å². The molecule has 2 rings (SSSR count). The molecule has 1 aromatic rings. The summed E-state index contributed by atoms with van der Waals surface area (Å²) in [5, 5.41) is 0.728. The van der Waals surface area contributed by atoms with Gasteiger partial charge in [0.15, 0.2) is 0 Å². The Balaban J connectivity index is 2.49. The minimum atomic E-state index is -1.25. The summed E-state index contributed by atoms with van der Waals surface area (Å²) in [5.74, 6) is -1.83. The molecule has 0 aliphatic carbocycles. The lowest BCUT2D eigenvalue weighted by atomic mass is 10.0. The van der Waals surface area contributed by atoms with Crippen molar-refractivity contribution in [3.63, 3.8) is 0 Å². The third-order valence-electron chi connectivity index (χ3n) is 2.82. The van der Waals surface area contributed by atoms with Crippen molar-refractivity contribution >= 4 is 35.2 Å². The lowest BCUT2D eigenvalue weighted by Crippen LogP contribution is -2.33. The maximum atomic E-state index is 12.0. The van der Waals surface area contributed by atoms with Gasteiger partial charge in [0.25, 0.3) is 5.79 Å². The first-order chi connectivity index (χ1) is 9.48. The number of ether oxygens (including phenoxy) is 3. The fourth-order valence-corrected chi connectivity index (χ4v) is 2.11. The summed E-state index contributed by atoms with van der Waals surface area (Å²) >= 11 is 12.1. The van der Waals surface area contributed by atoms with Gasteiger partial charge in [-0.05, 0) is 17.7 Å². The summed E-state index contributed by atoms with van der Waals surface area (Å²) in [7, 11) is 1.28. The molecule has 0 aromatic heterocycles. The molecule has 1 aliphatic rings. The summed E-state index contributed by atoms with van der Waals surface area (Å²) in [4.78, 5) is 12.0. The average Bonchev–Trinajstić information content (AvgIpc) is 2.87. The predicted molar refractivity (Wildman–Crippen MR) is 76.2 cm³/mol. The molecule has 0 unspecified atom stereocenters. The van der Waals surface area contributed by atoms with E-state index >= 15 is 0 Å². The molecule has 0 fully saturated rings. The van der Waals surface area contributed by atoms with Gasteiger partial charge in [0, 0.05) is 6.92 Å². The summed E-state index contributed by atoms with van der Waals surface area (Å²) in [6, 6.07) is 5.11. The van der Waals surface area contributed by atoms with Gasteiger partial charge in [0.05, 0.1) is 17.2 Å². The van der Waals surface area contributed by atoms with Crippen molar-refractivity contribution in [1.82, 2.24) is 0 Å². The second-order valence-corrected chi connectivity index (χ2v) is 4.93. The van der Waals surface area contributed by atoms with Crippen molar-refractivity contribution < 1.29 is 19.0 Å². The Morgan fingerprint density at radius 1 is 1.30 bits per heavy atom. The molecule has 0 radical (unpaired) electrons. The van der Waals surface area contributed by atoms with Crippen LogP contribution in [0.1, 0.15) is 12.5 Å². The van der Waals surface area contributed by atoms with E-state index in [1.165, 1.54) is 25.7 Å². The van der Waals surface area contributed by atoms with E-state index in [-0.39, 0.29) is 5.57 Å². The Kier molecular flexibility index (Phi) is 4.26. The predicted octanol–water partition coefficient (Wildman–Crippen LogP) is 3.78. The van der Waals surface area contributed by atoms with Gasteiger partial charge in [0.1, 0.15) is 18.1 Å². The molecule has 1 aromatic carbocycles. The monoisotopic (exact) mass is 314 g/mol. The van der Waals surface area contributed by atoms with Crippen molar-refractivity contribution in [3.05, 3.63) is 51.9 Å². The largest absolute Gasteiger partial charge is 0.465 e. The van der Waals surface area contributed by atoms with E-state index in [4.69, 9.17) is 37.4 Å². The first-order valence-electron chi connectivity index (χ1n) is 5.73. The summed E-state index contributed by atoms with van der Waals surface area (Å²) in [6.07, 6.45) is 4.25. The fourth-order valence-electron chi connectivity index (χ4n) is 1.74. The molecule has 6 heteroatoms. The van der Waals surface area contributed by atoms with E-state index in [0.717, 1.165) is 0 Å². The minimum Gasteiger partial charge on any atom is -0.465 e. The highest BCUT2D eigenvalue weighted by molar-refractivity contribution is 6.42. The van der Waals surface area contributed by atoms with E-state index in [1.807, 2.05) is 0 Å². The highest BCUT2D eigenvalue weighted by atomic mass is 35.5. The zero-order valence-corrected chi connectivity index (χ0v) is 12.4. The van der Waals surface area contributed by atoms with E-state index in [9.17, 15) is 4.79 Å². The number of methoxy groups -OCH3 is 1. The van der Waals surface area contributed by atoms with Crippen LogP contribution in [-0.2, 0) is 19.0 Å². The number of carbonyl (C=O) groups excluding carboxylic acids is 1. The van der Waals surface area contributed by atoms with Crippen LogP contribution in [0.25, 0.3) is 6.08 Å². The Hall–Kier alpha value is -1.65. The smallest absolute Gasteiger partial charge is 0.341 e. The zero-order valence-electron chi connectivity index (χ0n) is 10.9. The fraction of sp³-hybridized carbons (Fsp3) is 0.214. The molecular formula is C14H12Cl2O4. The molecule has 0 amide bonds. The first kappa shape index (κ1) is 14.8. The highest BCUT2D eigenvalue weighted by Gasteiger charge is 2.39. The van der Waals surface area contributed by atoms with Crippen LogP contribution in [0.3, 0.4) is 0 Å². The number of rotatable bonds is 3. The first-order valence-corrected chi connectivity index (χ1v) is 6.48. The molecule has 0 saturated carbocycles. The maximum Gasteiger partial charge on any atom is 0.341 e. The molecular weight excluding hydrogens is 303 g/mol. The Bertz CT molecular complexity index is 585. The van der Waals surface area contributed by atoms with Gasteiger partial charge >= 0.3 is 5.97 Å². The Morgan fingerprint density at radius 2 is 1.95 bits per heavy atom. The second kappa shape index (κ2) is 5.77. The molecule has 0 spiro atoms. The van der Waals surface area contributed by atoms with E-state index in [2.05, 4.69) is 0 Å². The van der Waals surface area contributed by atoms with Gasteiger partial charge < -0.3 is 14.2 Å².